The molecule has 0 fully saturated rings. The zero-order chi connectivity index (χ0) is 30.9. The fraction of sp³-hybridized carbons (Fsp3) is 0.0435. The van der Waals surface area contributed by atoms with Crippen LogP contribution in [-0.4, -0.2) is 6.10 Å². The molecule has 0 saturated carbocycles. The summed E-state index contributed by atoms with van der Waals surface area (Å²) < 4.78 is 6.49. The van der Waals surface area contributed by atoms with Gasteiger partial charge >= 0.3 is 0 Å². The molecule has 0 amide bonds. The zero-order valence-electron chi connectivity index (χ0n) is 25.7. The Morgan fingerprint density at radius 1 is 0.426 bits per heavy atom. The van der Waals surface area contributed by atoms with Crippen molar-refractivity contribution in [3.8, 4) is 28.0 Å². The predicted octanol–water partition coefficient (Wildman–Crippen LogP) is 12.1. The summed E-state index contributed by atoms with van der Waals surface area (Å²) >= 11 is 0. The maximum atomic E-state index is 6.49. The minimum atomic E-state index is 0.0171. The normalized spacial score (nSPS) is 16.7. The summed E-state index contributed by atoms with van der Waals surface area (Å²) in [6.45, 7) is 0. The summed E-state index contributed by atoms with van der Waals surface area (Å²) in [5.41, 5.74) is 8.78. The van der Waals surface area contributed by atoms with Gasteiger partial charge in [0, 0.05) is 11.5 Å². The average Bonchev–Trinajstić information content (AvgIpc) is 3.49. The molecule has 1 heterocycles. The van der Waals surface area contributed by atoms with Crippen LogP contribution < -0.4 is 4.74 Å². The van der Waals surface area contributed by atoms with Crippen LogP contribution in [0.3, 0.4) is 0 Å². The first kappa shape index (κ1) is 26.3. The molecule has 1 aliphatic carbocycles. The second kappa shape index (κ2) is 10.3. The Morgan fingerprint density at radius 2 is 0.957 bits per heavy atom. The standard InChI is InChI=1S/C46H30O/c1-2-10-32-25-35(22-19-29(32)9-1)30-17-20-31(21-18-30)45-37-13-5-7-15-39(37)46(40-16-8-6-14-38(40)45)36-23-24-43-41(27-36)42-26-33-11-3-4-12-34(33)28-44(42)47-43/h1-28,41,43H. The summed E-state index contributed by atoms with van der Waals surface area (Å²) in [6, 6.07) is 55.3. The highest BCUT2D eigenvalue weighted by Crippen LogP contribution is 2.48. The quantitative estimate of drug-likeness (QED) is 0.184. The molecule has 0 N–H and O–H groups in total. The number of ether oxygens (including phenoxy) is 1. The van der Waals surface area contributed by atoms with Crippen LogP contribution in [0.15, 0.2) is 170 Å². The smallest absolute Gasteiger partial charge is 0.128 e. The van der Waals surface area contributed by atoms with Crippen LogP contribution in [0.4, 0.5) is 0 Å². The first-order valence-electron chi connectivity index (χ1n) is 16.4. The van der Waals surface area contributed by atoms with E-state index in [-0.39, 0.29) is 12.0 Å². The zero-order valence-corrected chi connectivity index (χ0v) is 25.7. The van der Waals surface area contributed by atoms with E-state index in [1.165, 1.54) is 82.0 Å². The van der Waals surface area contributed by atoms with E-state index in [1.54, 1.807) is 0 Å². The minimum absolute atomic E-state index is 0.0171. The van der Waals surface area contributed by atoms with Crippen molar-refractivity contribution >= 4 is 48.7 Å². The van der Waals surface area contributed by atoms with Crippen LogP contribution in [-0.2, 0) is 0 Å². The molecule has 10 rings (SSSR count). The van der Waals surface area contributed by atoms with Crippen molar-refractivity contribution in [3.05, 3.63) is 181 Å². The number of benzene rings is 8. The Morgan fingerprint density at radius 3 is 1.64 bits per heavy atom. The van der Waals surface area contributed by atoms with Crippen LogP contribution in [0.2, 0.25) is 0 Å². The lowest BCUT2D eigenvalue weighted by Crippen LogP contribution is -2.17. The van der Waals surface area contributed by atoms with Gasteiger partial charge in [-0.2, -0.15) is 0 Å². The molecular formula is C46H30O. The minimum Gasteiger partial charge on any atom is -0.485 e. The van der Waals surface area contributed by atoms with Gasteiger partial charge in [-0.1, -0.05) is 146 Å². The van der Waals surface area contributed by atoms with Crippen LogP contribution >= 0.6 is 0 Å². The highest BCUT2D eigenvalue weighted by molar-refractivity contribution is 6.19. The Kier molecular flexibility index (Phi) is 5.77. The lowest BCUT2D eigenvalue weighted by molar-refractivity contribution is 0.269. The molecule has 0 bridgehead atoms. The molecule has 1 nitrogen and oxygen atoms in total. The van der Waals surface area contributed by atoms with Crippen molar-refractivity contribution in [2.24, 2.45) is 0 Å². The van der Waals surface area contributed by atoms with Crippen molar-refractivity contribution in [2.75, 3.05) is 0 Å². The molecule has 47 heavy (non-hydrogen) atoms. The van der Waals surface area contributed by atoms with Crippen molar-refractivity contribution in [2.45, 2.75) is 12.0 Å². The fourth-order valence-electron chi connectivity index (χ4n) is 7.90. The Bertz CT molecular complexity index is 2550. The van der Waals surface area contributed by atoms with E-state index in [2.05, 4.69) is 170 Å². The third-order valence-electron chi connectivity index (χ3n) is 10.2. The monoisotopic (exact) mass is 598 g/mol. The first-order chi connectivity index (χ1) is 23.3. The van der Waals surface area contributed by atoms with Gasteiger partial charge in [-0.3, -0.25) is 0 Å². The second-order valence-corrected chi connectivity index (χ2v) is 12.8. The third kappa shape index (κ3) is 4.17. The van der Waals surface area contributed by atoms with Crippen molar-refractivity contribution < 1.29 is 4.74 Å². The van der Waals surface area contributed by atoms with Crippen molar-refractivity contribution in [3.63, 3.8) is 0 Å². The van der Waals surface area contributed by atoms with E-state index < -0.39 is 0 Å². The first-order valence-corrected chi connectivity index (χ1v) is 16.4. The van der Waals surface area contributed by atoms with E-state index in [1.807, 2.05) is 0 Å². The van der Waals surface area contributed by atoms with Crippen LogP contribution in [0.1, 0.15) is 17.0 Å². The van der Waals surface area contributed by atoms with Gasteiger partial charge < -0.3 is 4.74 Å². The summed E-state index contributed by atoms with van der Waals surface area (Å²) in [4.78, 5) is 0. The molecule has 8 aromatic rings. The van der Waals surface area contributed by atoms with Crippen LogP contribution in [0, 0.1) is 0 Å². The summed E-state index contributed by atoms with van der Waals surface area (Å²) in [5.74, 6) is 1.17. The van der Waals surface area contributed by atoms with E-state index in [0.29, 0.717) is 0 Å². The van der Waals surface area contributed by atoms with Crippen LogP contribution in [0.25, 0.3) is 70.9 Å². The van der Waals surface area contributed by atoms with Gasteiger partial charge in [-0.25, -0.2) is 0 Å². The van der Waals surface area contributed by atoms with Gasteiger partial charge in [-0.15, -0.1) is 0 Å². The molecule has 2 atom stereocenters. The van der Waals surface area contributed by atoms with Gasteiger partial charge in [-0.05, 0) is 101 Å². The number of hydrogen-bond donors (Lipinski definition) is 0. The Balaban J connectivity index is 1.12. The van der Waals surface area contributed by atoms with Crippen molar-refractivity contribution in [1.82, 2.24) is 0 Å². The van der Waals surface area contributed by atoms with E-state index in [0.717, 1.165) is 5.75 Å². The summed E-state index contributed by atoms with van der Waals surface area (Å²) in [6.07, 6.45) is 6.99. The lowest BCUT2D eigenvalue weighted by Gasteiger charge is -2.22. The highest BCUT2D eigenvalue weighted by atomic mass is 16.5. The maximum absolute atomic E-state index is 6.49. The van der Waals surface area contributed by atoms with E-state index >= 15 is 0 Å². The summed E-state index contributed by atoms with van der Waals surface area (Å²) in [5, 5.41) is 10.1. The van der Waals surface area contributed by atoms with Gasteiger partial charge in [0.15, 0.2) is 0 Å². The molecule has 2 unspecified atom stereocenters. The second-order valence-electron chi connectivity index (χ2n) is 12.8. The molecule has 1 aliphatic heterocycles. The SMILES string of the molecule is C1=CC2Oc3cc4ccccc4cc3C2C=C1c1c2ccccc2c(-c2ccc(-c3ccc4ccccc4c3)cc2)c2ccccc12. The molecule has 8 aromatic carbocycles. The number of hydrogen-bond acceptors (Lipinski definition) is 1. The number of allylic oxidation sites excluding steroid dienone is 2. The fourth-order valence-corrected chi connectivity index (χ4v) is 7.90. The van der Waals surface area contributed by atoms with Crippen molar-refractivity contribution in [1.29, 1.82) is 0 Å². The number of rotatable bonds is 3. The molecular weight excluding hydrogens is 569 g/mol. The topological polar surface area (TPSA) is 9.23 Å². The Labute approximate surface area is 273 Å². The largest absolute Gasteiger partial charge is 0.485 e. The molecule has 220 valence electrons. The third-order valence-corrected chi connectivity index (χ3v) is 10.2. The van der Waals surface area contributed by atoms with Gasteiger partial charge in [0.1, 0.15) is 11.9 Å². The molecule has 0 aromatic heterocycles. The summed E-state index contributed by atoms with van der Waals surface area (Å²) in [7, 11) is 0. The molecule has 0 saturated heterocycles. The molecule has 2 aliphatic rings. The van der Waals surface area contributed by atoms with E-state index in [9.17, 15) is 0 Å². The average molecular weight is 599 g/mol. The molecule has 0 spiro atoms. The lowest BCUT2D eigenvalue weighted by atomic mass is 9.81. The number of fused-ring (bicyclic) bond motifs is 7. The molecule has 1 heteroatoms. The highest BCUT2D eigenvalue weighted by Gasteiger charge is 2.34. The van der Waals surface area contributed by atoms with E-state index in [4.69, 9.17) is 4.74 Å². The van der Waals surface area contributed by atoms with Gasteiger partial charge in [0.25, 0.3) is 0 Å². The van der Waals surface area contributed by atoms with Crippen LogP contribution in [0.5, 0.6) is 5.75 Å². The maximum Gasteiger partial charge on any atom is 0.128 e. The predicted molar refractivity (Wildman–Crippen MR) is 198 cm³/mol. The van der Waals surface area contributed by atoms with Gasteiger partial charge in [0.05, 0.1) is 0 Å². The van der Waals surface area contributed by atoms with Gasteiger partial charge in [0.2, 0.25) is 0 Å². The molecule has 0 radical (unpaired) electrons. The Hall–Kier alpha value is -5.92.